The molecule has 1 atom stereocenters. The van der Waals surface area contributed by atoms with Crippen molar-refractivity contribution in [3.05, 3.63) is 11.9 Å². The standard InChI is InChI=1S/C18H34N4O8/c19-14(12-15(20)18(26)27)13-21-4-6-28-8-10-30-11-9-29-7-5-22-16(23)2-1-3-17(24)25/h13,15,21H,1-12,19-20H2,(H,22,23)(H,24,25)(H,26,27)/b14-13-/t15-/m0/s1. The van der Waals surface area contributed by atoms with E-state index in [4.69, 9.17) is 35.9 Å². The molecule has 8 N–H and O–H groups in total. The van der Waals surface area contributed by atoms with Gasteiger partial charge in [-0.2, -0.15) is 0 Å². The van der Waals surface area contributed by atoms with Gasteiger partial charge in [-0.15, -0.1) is 0 Å². The highest BCUT2D eigenvalue weighted by atomic mass is 16.5. The molecular weight excluding hydrogens is 400 g/mol. The number of aliphatic carboxylic acids is 2. The number of hydrogen-bond acceptors (Lipinski definition) is 9. The second-order valence-corrected chi connectivity index (χ2v) is 6.26. The maximum absolute atomic E-state index is 11.4. The Morgan fingerprint density at radius 2 is 1.47 bits per heavy atom. The molecule has 0 bridgehead atoms. The monoisotopic (exact) mass is 434 g/mol. The van der Waals surface area contributed by atoms with Crippen LogP contribution in [0.2, 0.25) is 0 Å². The minimum absolute atomic E-state index is 0.0169. The van der Waals surface area contributed by atoms with Crippen LogP contribution >= 0.6 is 0 Å². The van der Waals surface area contributed by atoms with Crippen molar-refractivity contribution in [1.82, 2.24) is 10.6 Å². The van der Waals surface area contributed by atoms with Crippen LogP contribution in [0.1, 0.15) is 25.7 Å². The molecule has 0 radical (unpaired) electrons. The highest BCUT2D eigenvalue weighted by Crippen LogP contribution is 1.96. The van der Waals surface area contributed by atoms with Crippen molar-refractivity contribution in [3.63, 3.8) is 0 Å². The van der Waals surface area contributed by atoms with E-state index in [9.17, 15) is 14.4 Å². The molecule has 0 saturated carbocycles. The summed E-state index contributed by atoms with van der Waals surface area (Å²) in [6, 6.07) is -1.02. The first-order chi connectivity index (χ1) is 14.3. The molecule has 0 rings (SSSR count). The van der Waals surface area contributed by atoms with Crippen molar-refractivity contribution in [2.75, 3.05) is 52.7 Å². The summed E-state index contributed by atoms with van der Waals surface area (Å²) in [7, 11) is 0. The van der Waals surface area contributed by atoms with Crippen molar-refractivity contribution in [2.24, 2.45) is 11.5 Å². The van der Waals surface area contributed by atoms with Crippen LogP contribution in [0.4, 0.5) is 0 Å². The van der Waals surface area contributed by atoms with E-state index < -0.39 is 18.0 Å². The molecule has 0 heterocycles. The van der Waals surface area contributed by atoms with Gasteiger partial charge >= 0.3 is 11.9 Å². The number of ether oxygens (including phenoxy) is 3. The smallest absolute Gasteiger partial charge is 0.320 e. The van der Waals surface area contributed by atoms with E-state index in [1.165, 1.54) is 6.20 Å². The van der Waals surface area contributed by atoms with Gasteiger partial charge in [0.1, 0.15) is 6.04 Å². The van der Waals surface area contributed by atoms with Gasteiger partial charge in [0.05, 0.1) is 39.6 Å². The number of hydrogen-bond donors (Lipinski definition) is 6. The van der Waals surface area contributed by atoms with Gasteiger partial charge < -0.3 is 46.5 Å². The molecule has 0 aromatic carbocycles. The number of nitrogens with two attached hydrogens (primary N) is 2. The number of carboxylic acid groups (broad SMARTS) is 2. The van der Waals surface area contributed by atoms with Crippen molar-refractivity contribution in [1.29, 1.82) is 0 Å². The fourth-order valence-electron chi connectivity index (χ4n) is 2.03. The zero-order chi connectivity index (χ0) is 22.6. The summed E-state index contributed by atoms with van der Waals surface area (Å²) in [5, 5.41) is 22.7. The Labute approximate surface area is 175 Å². The normalized spacial score (nSPS) is 12.4. The average molecular weight is 434 g/mol. The summed E-state index contributed by atoms with van der Waals surface area (Å²) >= 11 is 0. The number of carbonyl (C=O) groups is 3. The molecule has 0 aromatic rings. The van der Waals surface area contributed by atoms with Gasteiger partial charge in [-0.3, -0.25) is 14.4 Å². The number of nitrogens with one attached hydrogen (secondary N) is 2. The molecule has 0 aliphatic carbocycles. The second-order valence-electron chi connectivity index (χ2n) is 6.26. The lowest BCUT2D eigenvalue weighted by Gasteiger charge is -2.09. The van der Waals surface area contributed by atoms with E-state index in [1.807, 2.05) is 0 Å². The van der Waals surface area contributed by atoms with Crippen LogP contribution in [0.25, 0.3) is 0 Å². The first kappa shape index (κ1) is 27.6. The molecule has 0 aliphatic heterocycles. The first-order valence-corrected chi connectivity index (χ1v) is 9.71. The highest BCUT2D eigenvalue weighted by molar-refractivity contribution is 5.76. The molecule has 0 fully saturated rings. The summed E-state index contributed by atoms with van der Waals surface area (Å²) < 4.78 is 16.0. The van der Waals surface area contributed by atoms with Gasteiger partial charge in [-0.1, -0.05) is 0 Å². The zero-order valence-corrected chi connectivity index (χ0v) is 17.1. The summed E-state index contributed by atoms with van der Waals surface area (Å²) in [5.74, 6) is -2.20. The first-order valence-electron chi connectivity index (χ1n) is 9.71. The van der Waals surface area contributed by atoms with Crippen molar-refractivity contribution in [3.8, 4) is 0 Å². The molecule has 0 aliphatic rings. The molecule has 12 heteroatoms. The lowest BCUT2D eigenvalue weighted by Crippen LogP contribution is -2.32. The van der Waals surface area contributed by atoms with E-state index in [2.05, 4.69) is 10.6 Å². The number of carboxylic acids is 2. The molecule has 30 heavy (non-hydrogen) atoms. The minimum atomic E-state index is -1.10. The Bertz CT molecular complexity index is 530. The molecular formula is C18H34N4O8. The topological polar surface area (TPSA) is 195 Å². The van der Waals surface area contributed by atoms with Crippen molar-refractivity contribution < 1.29 is 38.8 Å². The van der Waals surface area contributed by atoms with Crippen LogP contribution in [-0.4, -0.2) is 86.8 Å². The molecule has 0 spiro atoms. The summed E-state index contributed by atoms with van der Waals surface area (Å²) in [5.41, 5.74) is 11.4. The lowest BCUT2D eigenvalue weighted by molar-refractivity contribution is -0.139. The molecule has 12 nitrogen and oxygen atoms in total. The maximum atomic E-state index is 11.4. The molecule has 174 valence electrons. The van der Waals surface area contributed by atoms with Crippen LogP contribution in [0, 0.1) is 0 Å². The van der Waals surface area contributed by atoms with Crippen LogP contribution < -0.4 is 22.1 Å². The highest BCUT2D eigenvalue weighted by Gasteiger charge is 2.11. The Kier molecular flexibility index (Phi) is 17.1. The van der Waals surface area contributed by atoms with E-state index in [1.54, 1.807) is 0 Å². The average Bonchev–Trinajstić information content (AvgIpc) is 2.67. The minimum Gasteiger partial charge on any atom is -0.481 e. The number of amides is 1. The van der Waals surface area contributed by atoms with Gasteiger partial charge in [0, 0.05) is 44.2 Å². The van der Waals surface area contributed by atoms with Gasteiger partial charge in [0.2, 0.25) is 5.91 Å². The Morgan fingerprint density at radius 3 is 2.03 bits per heavy atom. The summed E-state index contributed by atoms with van der Waals surface area (Å²) in [4.78, 5) is 32.3. The van der Waals surface area contributed by atoms with Gasteiger partial charge in [0.25, 0.3) is 0 Å². The Hall–Kier alpha value is -2.41. The fraction of sp³-hybridized carbons (Fsp3) is 0.722. The van der Waals surface area contributed by atoms with E-state index >= 15 is 0 Å². The van der Waals surface area contributed by atoms with Crippen LogP contribution in [0.5, 0.6) is 0 Å². The third-order valence-corrected chi connectivity index (χ3v) is 3.56. The largest absolute Gasteiger partial charge is 0.481 e. The van der Waals surface area contributed by atoms with E-state index in [0.717, 1.165) is 0 Å². The molecule has 1 amide bonds. The van der Waals surface area contributed by atoms with Gasteiger partial charge in [-0.05, 0) is 6.42 Å². The van der Waals surface area contributed by atoms with E-state index in [-0.39, 0.29) is 25.2 Å². The SMILES string of the molecule is N/C(=C\NCCOCCOCCOCCNC(=O)CCCC(=O)O)C[C@H](N)C(=O)O. The fourth-order valence-corrected chi connectivity index (χ4v) is 2.03. The summed E-state index contributed by atoms with van der Waals surface area (Å²) in [6.07, 6.45) is 2.07. The predicted molar refractivity (Wildman–Crippen MR) is 107 cm³/mol. The van der Waals surface area contributed by atoms with Crippen LogP contribution in [0.3, 0.4) is 0 Å². The van der Waals surface area contributed by atoms with Gasteiger partial charge in [-0.25, -0.2) is 0 Å². The number of carbonyl (C=O) groups excluding carboxylic acids is 1. The third kappa shape index (κ3) is 18.9. The third-order valence-electron chi connectivity index (χ3n) is 3.56. The van der Waals surface area contributed by atoms with Crippen LogP contribution in [0.15, 0.2) is 11.9 Å². The van der Waals surface area contributed by atoms with Gasteiger partial charge in [0.15, 0.2) is 0 Å². The zero-order valence-electron chi connectivity index (χ0n) is 17.1. The van der Waals surface area contributed by atoms with Crippen molar-refractivity contribution >= 4 is 17.8 Å². The maximum Gasteiger partial charge on any atom is 0.320 e. The van der Waals surface area contributed by atoms with Crippen molar-refractivity contribution in [2.45, 2.75) is 31.7 Å². The molecule has 0 unspecified atom stereocenters. The molecule has 0 saturated heterocycles. The Balaban J connectivity index is 3.34. The number of rotatable bonds is 20. The summed E-state index contributed by atoms with van der Waals surface area (Å²) in [6.45, 7) is 3.27. The Morgan fingerprint density at radius 1 is 0.900 bits per heavy atom. The van der Waals surface area contributed by atoms with Crippen LogP contribution in [-0.2, 0) is 28.6 Å². The quantitative estimate of drug-likeness (QED) is 0.123. The molecule has 0 aromatic heterocycles. The lowest BCUT2D eigenvalue weighted by atomic mass is 10.2. The predicted octanol–water partition coefficient (Wildman–Crippen LogP) is -1.40. The second kappa shape index (κ2) is 18.6. The van der Waals surface area contributed by atoms with E-state index in [0.29, 0.717) is 64.8 Å².